The van der Waals surface area contributed by atoms with Gasteiger partial charge in [-0.05, 0) is 36.4 Å². The Hall–Kier alpha value is -2.43. The molecule has 1 aromatic carbocycles. The van der Waals surface area contributed by atoms with Crippen molar-refractivity contribution in [3.8, 4) is 5.75 Å². The first-order valence-corrected chi connectivity index (χ1v) is 5.78. The highest BCUT2D eigenvalue weighted by Gasteiger charge is 2.10. The van der Waals surface area contributed by atoms with Crippen molar-refractivity contribution in [3.05, 3.63) is 47.9 Å². The van der Waals surface area contributed by atoms with Crippen LogP contribution in [0.25, 0.3) is 0 Å². The number of benzene rings is 1. The van der Waals surface area contributed by atoms with Gasteiger partial charge in [0, 0.05) is 5.69 Å². The van der Waals surface area contributed by atoms with E-state index in [1.807, 2.05) is 24.3 Å². The van der Waals surface area contributed by atoms with Crippen molar-refractivity contribution in [3.63, 3.8) is 0 Å². The van der Waals surface area contributed by atoms with Crippen LogP contribution < -0.4 is 10.1 Å². The van der Waals surface area contributed by atoms with Gasteiger partial charge in [-0.1, -0.05) is 0 Å². The van der Waals surface area contributed by atoms with Crippen LogP contribution in [0.15, 0.2) is 40.8 Å². The predicted molar refractivity (Wildman–Crippen MR) is 70.4 cm³/mol. The lowest BCUT2D eigenvalue weighted by molar-refractivity contribution is 0.0563. The van der Waals surface area contributed by atoms with Crippen molar-refractivity contribution >= 4 is 11.7 Å². The molecule has 2 rings (SSSR count). The molecule has 0 aliphatic rings. The SMILES string of the molecule is COC(=O)c1ccc(CNc2ccc(OC)cc2)o1. The Morgan fingerprint density at radius 1 is 1.16 bits per heavy atom. The van der Waals surface area contributed by atoms with Gasteiger partial charge in [0.25, 0.3) is 0 Å². The fourth-order valence-corrected chi connectivity index (χ4v) is 1.58. The molecule has 0 saturated carbocycles. The van der Waals surface area contributed by atoms with Gasteiger partial charge in [0.2, 0.25) is 5.76 Å². The van der Waals surface area contributed by atoms with Crippen LogP contribution in [0, 0.1) is 0 Å². The average molecular weight is 261 g/mol. The average Bonchev–Trinajstić information content (AvgIpc) is 2.93. The number of furan rings is 1. The third-order valence-corrected chi connectivity index (χ3v) is 2.60. The standard InChI is InChI=1S/C14H15NO4/c1-17-11-5-3-10(4-6-11)15-9-12-7-8-13(19-12)14(16)18-2/h3-8,15H,9H2,1-2H3. The van der Waals surface area contributed by atoms with Crippen molar-refractivity contribution in [1.29, 1.82) is 0 Å². The van der Waals surface area contributed by atoms with Crippen molar-refractivity contribution in [1.82, 2.24) is 0 Å². The van der Waals surface area contributed by atoms with Gasteiger partial charge in [-0.3, -0.25) is 0 Å². The maximum absolute atomic E-state index is 11.2. The number of hydrogen-bond acceptors (Lipinski definition) is 5. The largest absolute Gasteiger partial charge is 0.497 e. The minimum absolute atomic E-state index is 0.203. The van der Waals surface area contributed by atoms with Crippen LogP contribution in [0.1, 0.15) is 16.3 Å². The molecule has 1 heterocycles. The van der Waals surface area contributed by atoms with E-state index in [0.29, 0.717) is 12.3 Å². The van der Waals surface area contributed by atoms with Crippen molar-refractivity contribution in [2.24, 2.45) is 0 Å². The van der Waals surface area contributed by atoms with E-state index in [0.717, 1.165) is 11.4 Å². The van der Waals surface area contributed by atoms with Gasteiger partial charge in [-0.15, -0.1) is 0 Å². The summed E-state index contributed by atoms with van der Waals surface area (Å²) in [6.45, 7) is 0.489. The minimum atomic E-state index is -0.476. The zero-order valence-corrected chi connectivity index (χ0v) is 10.8. The lowest BCUT2D eigenvalue weighted by Gasteiger charge is -2.05. The second-order valence-electron chi connectivity index (χ2n) is 3.84. The zero-order chi connectivity index (χ0) is 13.7. The van der Waals surface area contributed by atoms with Gasteiger partial charge >= 0.3 is 5.97 Å². The van der Waals surface area contributed by atoms with E-state index in [-0.39, 0.29) is 5.76 Å². The summed E-state index contributed by atoms with van der Waals surface area (Å²) >= 11 is 0. The van der Waals surface area contributed by atoms with E-state index in [9.17, 15) is 4.79 Å². The molecule has 100 valence electrons. The normalized spacial score (nSPS) is 10.0. The minimum Gasteiger partial charge on any atom is -0.497 e. The first kappa shape index (κ1) is 13.0. The van der Waals surface area contributed by atoms with E-state index in [4.69, 9.17) is 9.15 Å². The van der Waals surface area contributed by atoms with E-state index < -0.39 is 5.97 Å². The summed E-state index contributed by atoms with van der Waals surface area (Å²) in [5, 5.41) is 3.18. The zero-order valence-electron chi connectivity index (χ0n) is 10.8. The Bertz CT molecular complexity index is 545. The molecule has 5 nitrogen and oxygen atoms in total. The summed E-state index contributed by atoms with van der Waals surface area (Å²) in [6.07, 6.45) is 0. The first-order chi connectivity index (χ1) is 9.22. The fraction of sp³-hybridized carbons (Fsp3) is 0.214. The molecule has 0 radical (unpaired) electrons. The molecule has 5 heteroatoms. The molecule has 0 aliphatic heterocycles. The number of carbonyl (C=O) groups is 1. The van der Waals surface area contributed by atoms with Gasteiger partial charge in [0.1, 0.15) is 11.5 Å². The second kappa shape index (κ2) is 5.95. The molecule has 0 aliphatic carbocycles. The Labute approximate surface area is 111 Å². The highest BCUT2D eigenvalue weighted by Crippen LogP contribution is 2.16. The lowest BCUT2D eigenvalue weighted by Crippen LogP contribution is -2.00. The van der Waals surface area contributed by atoms with Crippen LogP contribution in [-0.2, 0) is 11.3 Å². The lowest BCUT2D eigenvalue weighted by atomic mass is 10.3. The van der Waals surface area contributed by atoms with Crippen molar-refractivity contribution in [2.45, 2.75) is 6.54 Å². The molecule has 0 bridgehead atoms. The number of methoxy groups -OCH3 is 2. The van der Waals surface area contributed by atoms with Gasteiger partial charge in [-0.2, -0.15) is 0 Å². The summed E-state index contributed by atoms with van der Waals surface area (Å²) in [5.74, 6) is 1.19. The van der Waals surface area contributed by atoms with E-state index in [1.54, 1.807) is 19.2 Å². The number of hydrogen-bond donors (Lipinski definition) is 1. The number of carbonyl (C=O) groups excluding carboxylic acids is 1. The number of ether oxygens (including phenoxy) is 2. The van der Waals surface area contributed by atoms with Crippen LogP contribution >= 0.6 is 0 Å². The molecule has 1 N–H and O–H groups in total. The molecule has 0 atom stereocenters. The fourth-order valence-electron chi connectivity index (χ4n) is 1.58. The quantitative estimate of drug-likeness (QED) is 0.838. The molecular formula is C14H15NO4. The number of esters is 1. The Kier molecular flexibility index (Phi) is 4.07. The van der Waals surface area contributed by atoms with Gasteiger partial charge in [-0.25, -0.2) is 4.79 Å². The first-order valence-electron chi connectivity index (χ1n) is 5.78. The molecular weight excluding hydrogens is 246 g/mol. The van der Waals surface area contributed by atoms with E-state index in [1.165, 1.54) is 7.11 Å². The van der Waals surface area contributed by atoms with Crippen molar-refractivity contribution < 1.29 is 18.7 Å². The Morgan fingerprint density at radius 2 is 1.89 bits per heavy atom. The highest BCUT2D eigenvalue weighted by atomic mass is 16.5. The monoisotopic (exact) mass is 261 g/mol. The molecule has 2 aromatic rings. The summed E-state index contributed by atoms with van der Waals surface area (Å²) in [4.78, 5) is 11.2. The Balaban J connectivity index is 1.94. The maximum atomic E-state index is 11.2. The summed E-state index contributed by atoms with van der Waals surface area (Å²) < 4.78 is 15.0. The second-order valence-corrected chi connectivity index (χ2v) is 3.84. The maximum Gasteiger partial charge on any atom is 0.373 e. The topological polar surface area (TPSA) is 60.7 Å². The van der Waals surface area contributed by atoms with Crippen LogP contribution in [0.4, 0.5) is 5.69 Å². The predicted octanol–water partition coefficient (Wildman–Crippen LogP) is 2.69. The summed E-state index contributed by atoms with van der Waals surface area (Å²) in [7, 11) is 2.94. The molecule has 0 spiro atoms. The molecule has 0 amide bonds. The van der Waals surface area contributed by atoms with E-state index >= 15 is 0 Å². The summed E-state index contributed by atoms with van der Waals surface area (Å²) in [5.41, 5.74) is 0.941. The third kappa shape index (κ3) is 3.28. The van der Waals surface area contributed by atoms with Gasteiger partial charge in [0.05, 0.1) is 20.8 Å². The van der Waals surface area contributed by atoms with Crippen molar-refractivity contribution in [2.75, 3.05) is 19.5 Å². The molecule has 1 aromatic heterocycles. The van der Waals surface area contributed by atoms with Crippen LogP contribution in [0.3, 0.4) is 0 Å². The number of nitrogens with one attached hydrogen (secondary N) is 1. The van der Waals surface area contributed by atoms with Crippen LogP contribution in [-0.4, -0.2) is 20.2 Å². The number of anilines is 1. The third-order valence-electron chi connectivity index (χ3n) is 2.60. The van der Waals surface area contributed by atoms with Gasteiger partial charge in [0.15, 0.2) is 0 Å². The molecule has 0 saturated heterocycles. The molecule has 0 fully saturated rings. The van der Waals surface area contributed by atoms with Crippen LogP contribution in [0.5, 0.6) is 5.75 Å². The highest BCUT2D eigenvalue weighted by molar-refractivity contribution is 5.86. The molecule has 19 heavy (non-hydrogen) atoms. The van der Waals surface area contributed by atoms with Crippen LogP contribution in [0.2, 0.25) is 0 Å². The number of rotatable bonds is 5. The van der Waals surface area contributed by atoms with E-state index in [2.05, 4.69) is 10.1 Å². The smallest absolute Gasteiger partial charge is 0.373 e. The Morgan fingerprint density at radius 3 is 2.53 bits per heavy atom. The van der Waals surface area contributed by atoms with Gasteiger partial charge < -0.3 is 19.2 Å². The molecule has 0 unspecified atom stereocenters. The summed E-state index contributed by atoms with van der Waals surface area (Å²) in [6, 6.07) is 10.9.